The van der Waals surface area contributed by atoms with Crippen LogP contribution in [-0.2, 0) is 0 Å². The molecule has 0 aliphatic heterocycles. The lowest BCUT2D eigenvalue weighted by molar-refractivity contribution is 0.742. The predicted octanol–water partition coefficient (Wildman–Crippen LogP) is 4.01. The molecule has 0 saturated heterocycles. The van der Waals surface area contributed by atoms with E-state index in [4.69, 9.17) is 0 Å². The van der Waals surface area contributed by atoms with Crippen LogP contribution in [0.25, 0.3) is 5.57 Å². The minimum atomic E-state index is 1.28. The van der Waals surface area contributed by atoms with E-state index in [0.29, 0.717) is 0 Å². The van der Waals surface area contributed by atoms with Crippen molar-refractivity contribution in [1.29, 1.82) is 0 Å². The number of aryl methyl sites for hydroxylation is 1. The van der Waals surface area contributed by atoms with Crippen molar-refractivity contribution in [3.8, 4) is 0 Å². The van der Waals surface area contributed by atoms with Crippen LogP contribution in [0.15, 0.2) is 17.5 Å². The van der Waals surface area contributed by atoms with Gasteiger partial charge in [-0.25, -0.2) is 0 Å². The molecular formula is C11H14S. The molecule has 1 aromatic rings. The summed E-state index contributed by atoms with van der Waals surface area (Å²) in [7, 11) is 0. The number of hydrogen-bond donors (Lipinski definition) is 0. The number of allylic oxidation sites excluding steroid dienone is 2. The van der Waals surface area contributed by atoms with Gasteiger partial charge in [0.15, 0.2) is 0 Å². The fourth-order valence-electron chi connectivity index (χ4n) is 1.71. The summed E-state index contributed by atoms with van der Waals surface area (Å²) < 4.78 is 0. The molecular weight excluding hydrogens is 164 g/mol. The molecule has 0 nitrogen and oxygen atoms in total. The van der Waals surface area contributed by atoms with E-state index in [1.54, 1.807) is 5.57 Å². The Morgan fingerprint density at radius 1 is 1.33 bits per heavy atom. The first-order valence-electron chi connectivity index (χ1n) is 4.61. The molecule has 0 radical (unpaired) electrons. The first-order chi connectivity index (χ1) is 5.86. The van der Waals surface area contributed by atoms with E-state index in [9.17, 15) is 0 Å². The van der Waals surface area contributed by atoms with Crippen molar-refractivity contribution in [2.24, 2.45) is 0 Å². The van der Waals surface area contributed by atoms with Crippen LogP contribution in [0.4, 0.5) is 0 Å². The van der Waals surface area contributed by atoms with Crippen molar-refractivity contribution in [1.82, 2.24) is 0 Å². The molecule has 0 unspecified atom stereocenters. The molecule has 0 amide bonds. The van der Waals surface area contributed by atoms with E-state index in [1.807, 2.05) is 11.3 Å². The molecule has 2 rings (SSSR count). The van der Waals surface area contributed by atoms with Crippen molar-refractivity contribution in [3.05, 3.63) is 28.0 Å². The van der Waals surface area contributed by atoms with Gasteiger partial charge in [0, 0.05) is 4.88 Å². The van der Waals surface area contributed by atoms with Gasteiger partial charge in [-0.1, -0.05) is 6.08 Å². The van der Waals surface area contributed by atoms with Crippen LogP contribution < -0.4 is 0 Å². The maximum absolute atomic E-state index is 2.41. The Bertz CT molecular complexity index is 294. The van der Waals surface area contributed by atoms with E-state index >= 15 is 0 Å². The first kappa shape index (κ1) is 8.06. The lowest BCUT2D eigenvalue weighted by atomic mass is 9.95. The summed E-state index contributed by atoms with van der Waals surface area (Å²) >= 11 is 1.86. The molecule has 0 atom stereocenters. The highest BCUT2D eigenvalue weighted by molar-refractivity contribution is 7.10. The van der Waals surface area contributed by atoms with Gasteiger partial charge in [-0.05, 0) is 55.2 Å². The van der Waals surface area contributed by atoms with Gasteiger partial charge in [0.25, 0.3) is 0 Å². The van der Waals surface area contributed by atoms with E-state index in [2.05, 4.69) is 24.4 Å². The van der Waals surface area contributed by atoms with E-state index in [-0.39, 0.29) is 0 Å². The quantitative estimate of drug-likeness (QED) is 0.609. The normalized spacial score (nSPS) is 17.6. The fraction of sp³-hybridized carbons (Fsp3) is 0.455. The second-order valence-corrected chi connectivity index (χ2v) is 4.54. The SMILES string of the molecule is Cc1cc(C2=CCCCC2)cs1. The van der Waals surface area contributed by atoms with E-state index < -0.39 is 0 Å². The van der Waals surface area contributed by atoms with Crippen molar-refractivity contribution in [2.75, 3.05) is 0 Å². The Hall–Kier alpha value is -0.560. The van der Waals surface area contributed by atoms with E-state index in [1.165, 1.54) is 36.1 Å². The Morgan fingerprint density at radius 2 is 2.25 bits per heavy atom. The van der Waals surface area contributed by atoms with Crippen molar-refractivity contribution in [2.45, 2.75) is 32.6 Å². The molecule has 0 aromatic carbocycles. The number of rotatable bonds is 1. The lowest BCUT2D eigenvalue weighted by Gasteiger charge is -2.10. The highest BCUT2D eigenvalue weighted by atomic mass is 32.1. The van der Waals surface area contributed by atoms with Crippen molar-refractivity contribution in [3.63, 3.8) is 0 Å². The Kier molecular flexibility index (Phi) is 2.31. The average molecular weight is 178 g/mol. The molecule has 0 N–H and O–H groups in total. The van der Waals surface area contributed by atoms with Crippen LogP contribution in [0, 0.1) is 6.92 Å². The third-order valence-electron chi connectivity index (χ3n) is 2.39. The Balaban J connectivity index is 2.23. The van der Waals surface area contributed by atoms with E-state index in [0.717, 1.165) is 0 Å². The summed E-state index contributed by atoms with van der Waals surface area (Å²) in [5.41, 5.74) is 3.04. The van der Waals surface area contributed by atoms with Gasteiger partial charge in [-0.3, -0.25) is 0 Å². The highest BCUT2D eigenvalue weighted by Crippen LogP contribution is 2.29. The molecule has 1 heteroatoms. The molecule has 0 saturated carbocycles. The zero-order valence-corrected chi connectivity index (χ0v) is 8.29. The molecule has 0 spiro atoms. The van der Waals surface area contributed by atoms with Crippen LogP contribution in [0.3, 0.4) is 0 Å². The van der Waals surface area contributed by atoms with Crippen LogP contribution in [0.5, 0.6) is 0 Å². The zero-order chi connectivity index (χ0) is 8.39. The van der Waals surface area contributed by atoms with Gasteiger partial charge in [-0.2, -0.15) is 0 Å². The molecule has 0 fully saturated rings. The van der Waals surface area contributed by atoms with Gasteiger partial charge in [-0.15, -0.1) is 11.3 Å². The Labute approximate surface area is 77.9 Å². The minimum Gasteiger partial charge on any atom is -0.149 e. The summed E-state index contributed by atoms with van der Waals surface area (Å²) in [6.45, 7) is 2.18. The molecule has 0 bridgehead atoms. The molecule has 12 heavy (non-hydrogen) atoms. The van der Waals surface area contributed by atoms with Crippen LogP contribution in [0.2, 0.25) is 0 Å². The minimum absolute atomic E-state index is 1.28. The summed E-state index contributed by atoms with van der Waals surface area (Å²) in [5, 5.41) is 2.28. The molecule has 1 heterocycles. The largest absolute Gasteiger partial charge is 0.149 e. The van der Waals surface area contributed by atoms with Crippen molar-refractivity contribution >= 4 is 16.9 Å². The van der Waals surface area contributed by atoms with Crippen LogP contribution >= 0.6 is 11.3 Å². The zero-order valence-electron chi connectivity index (χ0n) is 7.47. The number of hydrogen-bond acceptors (Lipinski definition) is 1. The summed E-state index contributed by atoms with van der Waals surface area (Å²) in [6.07, 6.45) is 7.73. The summed E-state index contributed by atoms with van der Waals surface area (Å²) in [5.74, 6) is 0. The van der Waals surface area contributed by atoms with Gasteiger partial charge < -0.3 is 0 Å². The maximum Gasteiger partial charge on any atom is 0.00204 e. The average Bonchev–Trinajstić information content (AvgIpc) is 2.54. The predicted molar refractivity (Wildman–Crippen MR) is 55.5 cm³/mol. The second-order valence-electron chi connectivity index (χ2n) is 3.42. The van der Waals surface area contributed by atoms with Crippen molar-refractivity contribution < 1.29 is 0 Å². The third-order valence-corrected chi connectivity index (χ3v) is 3.25. The molecule has 1 aliphatic carbocycles. The van der Waals surface area contributed by atoms with Gasteiger partial charge in [0.1, 0.15) is 0 Å². The fourth-order valence-corrected chi connectivity index (χ4v) is 2.44. The smallest absolute Gasteiger partial charge is 0.00204 e. The standard InChI is InChI=1S/C11H14S/c1-9-7-11(8-12-9)10-5-3-2-4-6-10/h5,7-8H,2-4,6H2,1H3. The van der Waals surface area contributed by atoms with Gasteiger partial charge >= 0.3 is 0 Å². The first-order valence-corrected chi connectivity index (χ1v) is 5.49. The Morgan fingerprint density at radius 3 is 2.83 bits per heavy atom. The third kappa shape index (κ3) is 1.61. The molecule has 1 aliphatic rings. The maximum atomic E-state index is 2.41. The van der Waals surface area contributed by atoms with Crippen LogP contribution in [-0.4, -0.2) is 0 Å². The number of thiophene rings is 1. The molecule has 64 valence electrons. The highest BCUT2D eigenvalue weighted by Gasteiger charge is 2.06. The van der Waals surface area contributed by atoms with Gasteiger partial charge in [0.05, 0.1) is 0 Å². The van der Waals surface area contributed by atoms with Crippen LogP contribution in [0.1, 0.15) is 36.1 Å². The van der Waals surface area contributed by atoms with Gasteiger partial charge in [0.2, 0.25) is 0 Å². The topological polar surface area (TPSA) is 0 Å². The summed E-state index contributed by atoms with van der Waals surface area (Å²) in [6, 6.07) is 2.31. The lowest BCUT2D eigenvalue weighted by Crippen LogP contribution is -1.89. The monoisotopic (exact) mass is 178 g/mol. The molecule has 1 aromatic heterocycles. The second kappa shape index (κ2) is 3.44. The summed E-state index contributed by atoms with van der Waals surface area (Å²) in [4.78, 5) is 1.43.